The molecule has 1 aromatic heterocycles. The van der Waals surface area contributed by atoms with Crippen LogP contribution < -0.4 is 10.2 Å². The van der Waals surface area contributed by atoms with Gasteiger partial charge in [0.25, 0.3) is 0 Å². The van der Waals surface area contributed by atoms with Crippen LogP contribution in [0.1, 0.15) is 24.1 Å². The van der Waals surface area contributed by atoms with Gasteiger partial charge in [0.2, 0.25) is 0 Å². The number of carbonyl (C=O) groups excluding carboxylic acids is 1. The average molecular weight is 301 g/mol. The van der Waals surface area contributed by atoms with E-state index in [1.807, 2.05) is 18.3 Å². The molecule has 0 saturated carbocycles. The van der Waals surface area contributed by atoms with Gasteiger partial charge in [-0.15, -0.1) is 0 Å². The molecule has 0 bridgehead atoms. The van der Waals surface area contributed by atoms with Crippen molar-refractivity contribution in [2.75, 3.05) is 26.7 Å². The first-order valence-corrected chi connectivity index (χ1v) is 7.74. The summed E-state index contributed by atoms with van der Waals surface area (Å²) in [7, 11) is 1.65. The number of carbonyl (C=O) groups is 1. The molecule has 2 aromatic rings. The van der Waals surface area contributed by atoms with Gasteiger partial charge in [0, 0.05) is 37.3 Å². The SMILES string of the molecule is COn1cc(C)c2c(C(C=O)N3CCNCC3C)cccc21. The number of hydrogen-bond donors (Lipinski definition) is 1. The standard InChI is InChI=1S/C17H23N3O2/c1-12-10-20(22-3)15-6-4-5-14(17(12)15)16(11-21)19-8-7-18-9-13(19)2/h4-6,10-11,13,16,18H,7-9H2,1-3H3. The number of aromatic nitrogens is 1. The summed E-state index contributed by atoms with van der Waals surface area (Å²) in [5.74, 6) is 0. The highest BCUT2D eigenvalue weighted by molar-refractivity contribution is 5.89. The molecule has 118 valence electrons. The molecule has 2 atom stereocenters. The topological polar surface area (TPSA) is 46.5 Å². The first-order chi connectivity index (χ1) is 10.7. The zero-order valence-corrected chi connectivity index (χ0v) is 13.4. The Hall–Kier alpha value is -1.85. The summed E-state index contributed by atoms with van der Waals surface area (Å²) in [6.07, 6.45) is 3.04. The number of piperazine rings is 1. The Bertz CT molecular complexity index is 680. The lowest BCUT2D eigenvalue weighted by molar-refractivity contribution is -0.113. The van der Waals surface area contributed by atoms with Crippen LogP contribution in [0, 0.1) is 6.92 Å². The van der Waals surface area contributed by atoms with Crippen molar-refractivity contribution in [3.05, 3.63) is 35.5 Å². The van der Waals surface area contributed by atoms with E-state index in [9.17, 15) is 4.79 Å². The number of hydrogen-bond acceptors (Lipinski definition) is 4. The van der Waals surface area contributed by atoms with Crippen LogP contribution in [0.2, 0.25) is 0 Å². The fourth-order valence-electron chi connectivity index (χ4n) is 3.48. The predicted molar refractivity (Wildman–Crippen MR) is 87.0 cm³/mol. The van der Waals surface area contributed by atoms with Gasteiger partial charge in [0.1, 0.15) is 13.4 Å². The van der Waals surface area contributed by atoms with Crippen LogP contribution in [0.4, 0.5) is 0 Å². The highest BCUT2D eigenvalue weighted by Gasteiger charge is 2.28. The van der Waals surface area contributed by atoms with Crippen molar-refractivity contribution in [1.82, 2.24) is 14.9 Å². The molecule has 3 rings (SSSR count). The Balaban J connectivity index is 2.11. The number of rotatable bonds is 4. The molecule has 1 aliphatic heterocycles. The van der Waals surface area contributed by atoms with E-state index in [2.05, 4.69) is 30.1 Å². The van der Waals surface area contributed by atoms with Crippen molar-refractivity contribution in [2.45, 2.75) is 25.9 Å². The van der Waals surface area contributed by atoms with Crippen LogP contribution >= 0.6 is 0 Å². The van der Waals surface area contributed by atoms with Gasteiger partial charge in [-0.05, 0) is 31.0 Å². The zero-order chi connectivity index (χ0) is 15.7. The van der Waals surface area contributed by atoms with Gasteiger partial charge in [0.05, 0.1) is 11.6 Å². The molecular formula is C17H23N3O2. The van der Waals surface area contributed by atoms with Gasteiger partial charge in [-0.3, -0.25) is 4.90 Å². The maximum atomic E-state index is 11.9. The van der Waals surface area contributed by atoms with Gasteiger partial charge in [-0.25, -0.2) is 0 Å². The Morgan fingerprint density at radius 2 is 2.27 bits per heavy atom. The van der Waals surface area contributed by atoms with Crippen molar-refractivity contribution in [3.8, 4) is 0 Å². The van der Waals surface area contributed by atoms with E-state index in [-0.39, 0.29) is 6.04 Å². The third-order valence-corrected chi connectivity index (χ3v) is 4.57. The molecule has 5 heteroatoms. The number of benzene rings is 1. The monoisotopic (exact) mass is 301 g/mol. The van der Waals surface area contributed by atoms with Crippen LogP contribution in [0.15, 0.2) is 24.4 Å². The van der Waals surface area contributed by atoms with Crippen molar-refractivity contribution >= 4 is 17.2 Å². The quantitative estimate of drug-likeness (QED) is 0.870. The Labute approximate surface area is 130 Å². The Morgan fingerprint density at radius 1 is 1.45 bits per heavy atom. The molecule has 0 spiro atoms. The lowest BCUT2D eigenvalue weighted by atomic mass is 9.98. The van der Waals surface area contributed by atoms with Gasteiger partial charge in [-0.1, -0.05) is 12.1 Å². The molecular weight excluding hydrogens is 278 g/mol. The Morgan fingerprint density at radius 3 is 2.95 bits per heavy atom. The maximum absolute atomic E-state index is 11.9. The number of fused-ring (bicyclic) bond motifs is 1. The van der Waals surface area contributed by atoms with E-state index >= 15 is 0 Å². The van der Waals surface area contributed by atoms with Crippen molar-refractivity contribution in [3.63, 3.8) is 0 Å². The molecule has 1 N–H and O–H groups in total. The summed E-state index contributed by atoms with van der Waals surface area (Å²) < 4.78 is 1.76. The number of aldehydes is 1. The van der Waals surface area contributed by atoms with Crippen LogP contribution in [-0.4, -0.2) is 48.7 Å². The summed E-state index contributed by atoms with van der Waals surface area (Å²) in [5, 5.41) is 4.49. The second kappa shape index (κ2) is 6.10. The van der Waals surface area contributed by atoms with Gasteiger partial charge >= 0.3 is 0 Å². The molecule has 1 aromatic carbocycles. The third-order valence-electron chi connectivity index (χ3n) is 4.57. The Kier molecular flexibility index (Phi) is 4.18. The first-order valence-electron chi connectivity index (χ1n) is 7.74. The zero-order valence-electron chi connectivity index (χ0n) is 13.4. The summed E-state index contributed by atoms with van der Waals surface area (Å²) in [6, 6.07) is 6.20. The maximum Gasteiger partial charge on any atom is 0.141 e. The normalized spacial score (nSPS) is 21.0. The molecule has 0 amide bonds. The highest BCUT2D eigenvalue weighted by atomic mass is 16.6. The summed E-state index contributed by atoms with van der Waals surface area (Å²) in [4.78, 5) is 19.5. The molecule has 5 nitrogen and oxygen atoms in total. The van der Waals surface area contributed by atoms with Crippen molar-refractivity contribution in [1.29, 1.82) is 0 Å². The van der Waals surface area contributed by atoms with Crippen LogP contribution in [0.3, 0.4) is 0 Å². The molecule has 1 fully saturated rings. The van der Waals surface area contributed by atoms with E-state index in [0.29, 0.717) is 6.04 Å². The largest absolute Gasteiger partial charge is 0.417 e. The van der Waals surface area contributed by atoms with Crippen LogP contribution in [-0.2, 0) is 4.79 Å². The van der Waals surface area contributed by atoms with Crippen molar-refractivity contribution in [2.24, 2.45) is 0 Å². The predicted octanol–water partition coefficient (Wildman–Crippen LogP) is 1.54. The minimum atomic E-state index is -0.216. The van der Waals surface area contributed by atoms with Crippen LogP contribution in [0.5, 0.6) is 0 Å². The van der Waals surface area contributed by atoms with E-state index in [0.717, 1.165) is 48.0 Å². The highest BCUT2D eigenvalue weighted by Crippen LogP contribution is 2.31. The van der Waals surface area contributed by atoms with Gasteiger partial charge in [-0.2, -0.15) is 4.73 Å². The second-order valence-electron chi connectivity index (χ2n) is 5.93. The van der Waals surface area contributed by atoms with E-state index < -0.39 is 0 Å². The molecule has 0 aliphatic carbocycles. The molecule has 1 aliphatic rings. The average Bonchev–Trinajstić information content (AvgIpc) is 2.87. The molecule has 22 heavy (non-hydrogen) atoms. The fourth-order valence-corrected chi connectivity index (χ4v) is 3.48. The number of nitrogens with zero attached hydrogens (tertiary/aromatic N) is 2. The number of aryl methyl sites for hydroxylation is 1. The molecule has 2 unspecified atom stereocenters. The van der Waals surface area contributed by atoms with Gasteiger partial charge < -0.3 is 14.9 Å². The third kappa shape index (κ3) is 2.40. The number of nitrogens with one attached hydrogen (secondary N) is 1. The second-order valence-corrected chi connectivity index (χ2v) is 5.93. The fraction of sp³-hybridized carbons (Fsp3) is 0.471. The van der Waals surface area contributed by atoms with E-state index in [1.165, 1.54) is 0 Å². The molecule has 1 saturated heterocycles. The van der Waals surface area contributed by atoms with Gasteiger partial charge in [0.15, 0.2) is 0 Å². The van der Waals surface area contributed by atoms with E-state index in [1.54, 1.807) is 11.8 Å². The minimum absolute atomic E-state index is 0.216. The smallest absolute Gasteiger partial charge is 0.141 e. The molecule has 2 heterocycles. The lowest BCUT2D eigenvalue weighted by Crippen LogP contribution is -2.51. The summed E-state index contributed by atoms with van der Waals surface area (Å²) >= 11 is 0. The van der Waals surface area contributed by atoms with E-state index in [4.69, 9.17) is 4.84 Å². The molecule has 0 radical (unpaired) electrons. The summed E-state index contributed by atoms with van der Waals surface area (Å²) in [6.45, 7) is 6.94. The lowest BCUT2D eigenvalue weighted by Gasteiger charge is -2.38. The van der Waals surface area contributed by atoms with Crippen molar-refractivity contribution < 1.29 is 9.63 Å². The first kappa shape index (κ1) is 15.1. The van der Waals surface area contributed by atoms with Crippen LogP contribution in [0.25, 0.3) is 10.9 Å². The minimum Gasteiger partial charge on any atom is -0.417 e. The summed E-state index contributed by atoms with van der Waals surface area (Å²) in [5.41, 5.74) is 3.20.